The molecule has 0 aliphatic heterocycles. The van der Waals surface area contributed by atoms with E-state index in [0.717, 1.165) is 4.90 Å². The fourth-order valence-electron chi connectivity index (χ4n) is 0.976. The average Bonchev–Trinajstić information content (AvgIpc) is 2.07. The lowest BCUT2D eigenvalue weighted by atomic mass is 10.2. The van der Waals surface area contributed by atoms with Gasteiger partial charge in [-0.15, -0.1) is 12.6 Å². The zero-order valence-electron chi connectivity index (χ0n) is 7.78. The molecular weight excluding hydrogens is 198 g/mol. The van der Waals surface area contributed by atoms with E-state index in [2.05, 4.69) is 17.9 Å². The largest absolute Gasteiger partial charge is 0.326 e. The van der Waals surface area contributed by atoms with Crippen LogP contribution >= 0.6 is 12.6 Å². The second kappa shape index (κ2) is 4.81. The van der Waals surface area contributed by atoms with E-state index >= 15 is 0 Å². The lowest BCUT2D eigenvalue weighted by Crippen LogP contribution is -2.14. The number of hydrogen-bond acceptors (Lipinski definition) is 3. The van der Waals surface area contributed by atoms with E-state index in [1.807, 2.05) is 0 Å². The lowest BCUT2D eigenvalue weighted by molar-refractivity contribution is -0.124. The molecule has 0 saturated carbocycles. The molecule has 1 aromatic rings. The van der Waals surface area contributed by atoms with Crippen molar-refractivity contribution >= 4 is 30.0 Å². The maximum Gasteiger partial charge on any atom is 0.231 e. The highest BCUT2D eigenvalue weighted by Crippen LogP contribution is 2.12. The zero-order chi connectivity index (χ0) is 10.6. The number of carbonyl (C=O) groups is 2. The summed E-state index contributed by atoms with van der Waals surface area (Å²) >= 11 is 4.11. The van der Waals surface area contributed by atoms with E-state index in [1.54, 1.807) is 24.3 Å². The predicted molar refractivity (Wildman–Crippen MR) is 57.6 cm³/mol. The van der Waals surface area contributed by atoms with Crippen molar-refractivity contribution in [3.63, 3.8) is 0 Å². The summed E-state index contributed by atoms with van der Waals surface area (Å²) in [6.07, 6.45) is -0.0807. The molecule has 0 bridgehead atoms. The van der Waals surface area contributed by atoms with Crippen molar-refractivity contribution in [2.75, 3.05) is 5.32 Å². The van der Waals surface area contributed by atoms with Crippen LogP contribution in [0.5, 0.6) is 0 Å². The molecule has 4 heteroatoms. The van der Waals surface area contributed by atoms with E-state index in [9.17, 15) is 9.59 Å². The number of carbonyl (C=O) groups excluding carboxylic acids is 2. The topological polar surface area (TPSA) is 46.2 Å². The number of anilines is 1. The van der Waals surface area contributed by atoms with Crippen LogP contribution in [0.25, 0.3) is 0 Å². The quantitative estimate of drug-likeness (QED) is 0.590. The molecule has 0 saturated heterocycles. The van der Waals surface area contributed by atoms with Crippen molar-refractivity contribution in [2.24, 2.45) is 0 Å². The molecule has 74 valence electrons. The van der Waals surface area contributed by atoms with Gasteiger partial charge < -0.3 is 5.32 Å². The lowest BCUT2D eigenvalue weighted by Gasteiger charge is -2.03. The van der Waals surface area contributed by atoms with Crippen molar-refractivity contribution < 1.29 is 9.59 Å². The molecule has 1 aromatic carbocycles. The van der Waals surface area contributed by atoms with E-state index in [4.69, 9.17) is 0 Å². The molecule has 0 heterocycles. The number of nitrogens with one attached hydrogen (secondary N) is 1. The Labute approximate surface area is 87.9 Å². The number of Topliss-reactive ketones (excluding diaryl/α,β-unsaturated/α-hetero) is 1. The van der Waals surface area contributed by atoms with Crippen LogP contribution in [0.3, 0.4) is 0 Å². The fourth-order valence-corrected chi connectivity index (χ4v) is 1.13. The third-order valence-corrected chi connectivity index (χ3v) is 1.86. The van der Waals surface area contributed by atoms with Crippen molar-refractivity contribution in [1.29, 1.82) is 0 Å². The van der Waals surface area contributed by atoms with Crippen molar-refractivity contribution in [3.05, 3.63) is 24.3 Å². The molecule has 0 unspecified atom stereocenters. The van der Waals surface area contributed by atoms with Gasteiger partial charge in [0, 0.05) is 10.6 Å². The molecule has 0 aromatic heterocycles. The van der Waals surface area contributed by atoms with Crippen LogP contribution in [0.1, 0.15) is 13.3 Å². The van der Waals surface area contributed by atoms with Crippen LogP contribution in [0.15, 0.2) is 29.2 Å². The van der Waals surface area contributed by atoms with E-state index in [-0.39, 0.29) is 18.1 Å². The third-order valence-electron chi connectivity index (χ3n) is 1.56. The number of thiol groups is 1. The summed E-state index contributed by atoms with van der Waals surface area (Å²) in [5, 5.41) is 2.61. The molecule has 1 amide bonds. The summed E-state index contributed by atoms with van der Waals surface area (Å²) in [4.78, 5) is 22.6. The van der Waals surface area contributed by atoms with Gasteiger partial charge in [-0.2, -0.15) is 0 Å². The molecular formula is C10H11NO2S. The first-order valence-electron chi connectivity index (χ1n) is 4.16. The molecule has 3 nitrogen and oxygen atoms in total. The summed E-state index contributed by atoms with van der Waals surface area (Å²) in [7, 11) is 0. The summed E-state index contributed by atoms with van der Waals surface area (Å²) in [5.74, 6) is -0.433. The number of rotatable bonds is 3. The van der Waals surface area contributed by atoms with Crippen LogP contribution in [0.4, 0.5) is 5.69 Å². The molecule has 0 fully saturated rings. The SMILES string of the molecule is CC(=O)CC(=O)Nc1ccc(S)cc1. The van der Waals surface area contributed by atoms with Gasteiger partial charge in [0.25, 0.3) is 0 Å². The molecule has 1 N–H and O–H groups in total. The minimum Gasteiger partial charge on any atom is -0.326 e. The molecule has 0 spiro atoms. The van der Waals surface area contributed by atoms with Gasteiger partial charge in [-0.3, -0.25) is 9.59 Å². The summed E-state index contributed by atoms with van der Waals surface area (Å²) in [6.45, 7) is 1.39. The molecule has 0 aliphatic carbocycles. The van der Waals surface area contributed by atoms with Gasteiger partial charge in [-0.05, 0) is 31.2 Å². The Morgan fingerprint density at radius 1 is 1.29 bits per heavy atom. The Kier molecular flexibility index (Phi) is 3.71. The standard InChI is InChI=1S/C10H11NO2S/c1-7(12)6-10(13)11-8-2-4-9(14)5-3-8/h2-5,14H,6H2,1H3,(H,11,13). The van der Waals surface area contributed by atoms with Gasteiger partial charge in [0.1, 0.15) is 5.78 Å². The number of ketones is 1. The third kappa shape index (κ3) is 3.62. The highest BCUT2D eigenvalue weighted by Gasteiger charge is 2.04. The van der Waals surface area contributed by atoms with Crippen molar-refractivity contribution in [3.8, 4) is 0 Å². The van der Waals surface area contributed by atoms with Gasteiger partial charge in [-0.25, -0.2) is 0 Å². The Bertz CT molecular complexity index is 346. The Morgan fingerprint density at radius 3 is 2.36 bits per heavy atom. The molecule has 0 atom stereocenters. The van der Waals surface area contributed by atoms with E-state index in [0.29, 0.717) is 5.69 Å². The highest BCUT2D eigenvalue weighted by molar-refractivity contribution is 7.80. The summed E-state index contributed by atoms with van der Waals surface area (Å²) in [6, 6.07) is 7.01. The smallest absolute Gasteiger partial charge is 0.231 e. The van der Waals surface area contributed by atoms with Crippen LogP contribution < -0.4 is 5.32 Å². The van der Waals surface area contributed by atoms with Crippen LogP contribution in [-0.4, -0.2) is 11.7 Å². The first kappa shape index (κ1) is 10.8. The number of amides is 1. The van der Waals surface area contributed by atoms with E-state index < -0.39 is 0 Å². The van der Waals surface area contributed by atoms with Gasteiger partial charge in [-0.1, -0.05) is 0 Å². The van der Waals surface area contributed by atoms with Gasteiger partial charge >= 0.3 is 0 Å². The second-order valence-electron chi connectivity index (χ2n) is 2.97. The molecule has 14 heavy (non-hydrogen) atoms. The Hall–Kier alpha value is -1.29. The average molecular weight is 209 g/mol. The molecule has 1 rings (SSSR count). The van der Waals surface area contributed by atoms with E-state index in [1.165, 1.54) is 6.92 Å². The minimum atomic E-state index is -0.288. The predicted octanol–water partition coefficient (Wildman–Crippen LogP) is 1.89. The molecule has 0 aliphatic rings. The van der Waals surface area contributed by atoms with Crippen LogP contribution in [-0.2, 0) is 9.59 Å². The maximum atomic E-state index is 11.2. The van der Waals surface area contributed by atoms with Crippen LogP contribution in [0, 0.1) is 0 Å². The van der Waals surface area contributed by atoms with Gasteiger partial charge in [0.15, 0.2) is 0 Å². The normalized spacial score (nSPS) is 9.57. The Balaban J connectivity index is 2.56. The van der Waals surface area contributed by atoms with Crippen LogP contribution in [0.2, 0.25) is 0 Å². The van der Waals surface area contributed by atoms with Crippen molar-refractivity contribution in [1.82, 2.24) is 0 Å². The Morgan fingerprint density at radius 2 is 1.86 bits per heavy atom. The summed E-state index contributed by atoms with van der Waals surface area (Å²) < 4.78 is 0. The van der Waals surface area contributed by atoms with Gasteiger partial charge in [0.2, 0.25) is 5.91 Å². The first-order valence-corrected chi connectivity index (χ1v) is 4.61. The van der Waals surface area contributed by atoms with Crippen molar-refractivity contribution in [2.45, 2.75) is 18.2 Å². The zero-order valence-corrected chi connectivity index (χ0v) is 8.67. The monoisotopic (exact) mass is 209 g/mol. The maximum absolute atomic E-state index is 11.2. The first-order chi connectivity index (χ1) is 6.58. The molecule has 0 radical (unpaired) electrons. The number of benzene rings is 1. The minimum absolute atomic E-state index is 0.0807. The highest BCUT2D eigenvalue weighted by atomic mass is 32.1. The summed E-state index contributed by atoms with van der Waals surface area (Å²) in [5.41, 5.74) is 0.675. The number of hydrogen-bond donors (Lipinski definition) is 2. The van der Waals surface area contributed by atoms with Gasteiger partial charge in [0.05, 0.1) is 6.42 Å². The fraction of sp³-hybridized carbons (Fsp3) is 0.200. The second-order valence-corrected chi connectivity index (χ2v) is 3.49.